The Hall–Kier alpha value is -1.20. The molecule has 0 spiro atoms. The maximum absolute atomic E-state index is 10.2. The van der Waals surface area contributed by atoms with E-state index in [1.807, 2.05) is 25.1 Å². The third-order valence-corrected chi connectivity index (χ3v) is 3.20. The minimum Gasteiger partial charge on any atom is -0.382 e. The molecule has 1 N–H and O–H groups in total. The van der Waals surface area contributed by atoms with Crippen LogP contribution in [0, 0.1) is 6.92 Å². The number of benzene rings is 1. The van der Waals surface area contributed by atoms with Crippen molar-refractivity contribution in [2.24, 2.45) is 7.05 Å². The third-order valence-electron chi connectivity index (χ3n) is 2.48. The fraction of sp³-hybridized carbons (Fsp3) is 0.273. The topological polar surface area (TPSA) is 50.9 Å². The van der Waals surface area contributed by atoms with Crippen molar-refractivity contribution in [2.75, 3.05) is 0 Å². The molecule has 2 rings (SSSR count). The van der Waals surface area contributed by atoms with Gasteiger partial charge in [-0.25, -0.2) is 4.68 Å². The number of rotatable bonds is 2. The van der Waals surface area contributed by atoms with Crippen LogP contribution in [0.1, 0.15) is 22.9 Å². The summed E-state index contributed by atoms with van der Waals surface area (Å²) in [4.78, 5) is 0. The number of aromatic nitrogens is 3. The number of hydrogen-bond acceptors (Lipinski definition) is 3. The first-order valence-corrected chi connectivity index (χ1v) is 5.67. The van der Waals surface area contributed by atoms with Crippen molar-refractivity contribution >= 4 is 15.9 Å². The zero-order valence-electron chi connectivity index (χ0n) is 9.05. The molecule has 0 bridgehead atoms. The highest BCUT2D eigenvalue weighted by molar-refractivity contribution is 9.10. The van der Waals surface area contributed by atoms with Gasteiger partial charge in [-0.3, -0.25) is 0 Å². The minimum atomic E-state index is -0.714. The van der Waals surface area contributed by atoms with E-state index in [9.17, 15) is 5.11 Å². The van der Waals surface area contributed by atoms with Crippen molar-refractivity contribution in [1.82, 2.24) is 15.0 Å². The Labute approximate surface area is 102 Å². The quantitative estimate of drug-likeness (QED) is 0.916. The summed E-state index contributed by atoms with van der Waals surface area (Å²) in [5.74, 6) is 0. The monoisotopic (exact) mass is 281 g/mol. The Bertz CT molecular complexity index is 510. The molecule has 2 aromatic rings. The number of hydrogen-bond donors (Lipinski definition) is 1. The second-order valence-corrected chi connectivity index (χ2v) is 4.56. The second kappa shape index (κ2) is 4.35. The maximum atomic E-state index is 10.2. The van der Waals surface area contributed by atoms with E-state index in [1.54, 1.807) is 17.9 Å². The largest absolute Gasteiger partial charge is 0.382 e. The standard InChI is InChI=1S/C11H12BrN3O/c1-7-3-4-9(12)8(5-7)11(16)10-6-13-14-15(10)2/h3-6,11,16H,1-2H3. The van der Waals surface area contributed by atoms with Crippen molar-refractivity contribution < 1.29 is 5.11 Å². The van der Waals surface area contributed by atoms with Gasteiger partial charge in [-0.1, -0.05) is 38.8 Å². The summed E-state index contributed by atoms with van der Waals surface area (Å²) < 4.78 is 2.45. The maximum Gasteiger partial charge on any atom is 0.123 e. The first-order chi connectivity index (χ1) is 7.59. The summed E-state index contributed by atoms with van der Waals surface area (Å²) in [7, 11) is 1.76. The van der Waals surface area contributed by atoms with Crippen LogP contribution in [0.25, 0.3) is 0 Å². The SMILES string of the molecule is Cc1ccc(Br)c(C(O)c2cnnn2C)c1. The Morgan fingerprint density at radius 3 is 2.81 bits per heavy atom. The molecular formula is C11H12BrN3O. The highest BCUT2D eigenvalue weighted by Gasteiger charge is 2.17. The lowest BCUT2D eigenvalue weighted by Gasteiger charge is -2.13. The number of aliphatic hydroxyl groups excluding tert-OH is 1. The summed E-state index contributed by atoms with van der Waals surface area (Å²) in [6.45, 7) is 1.99. The zero-order chi connectivity index (χ0) is 11.7. The Balaban J connectivity index is 2.45. The van der Waals surface area contributed by atoms with Crippen LogP contribution in [0.15, 0.2) is 28.9 Å². The molecule has 0 saturated carbocycles. The normalized spacial score (nSPS) is 12.8. The minimum absolute atomic E-state index is 0.673. The van der Waals surface area contributed by atoms with E-state index in [1.165, 1.54) is 0 Å². The summed E-state index contributed by atoms with van der Waals surface area (Å²) >= 11 is 3.43. The van der Waals surface area contributed by atoms with Crippen molar-refractivity contribution in [3.05, 3.63) is 45.7 Å². The average molecular weight is 282 g/mol. The zero-order valence-corrected chi connectivity index (χ0v) is 10.6. The van der Waals surface area contributed by atoms with E-state index in [2.05, 4.69) is 26.2 Å². The molecule has 1 atom stereocenters. The van der Waals surface area contributed by atoms with Gasteiger partial charge in [0.1, 0.15) is 6.10 Å². The molecule has 1 heterocycles. The van der Waals surface area contributed by atoms with E-state index in [0.29, 0.717) is 5.69 Å². The number of aryl methyl sites for hydroxylation is 2. The molecule has 0 aliphatic heterocycles. The van der Waals surface area contributed by atoms with E-state index in [-0.39, 0.29) is 0 Å². The third kappa shape index (κ3) is 2.01. The summed E-state index contributed by atoms with van der Waals surface area (Å²) in [5, 5.41) is 17.8. The van der Waals surface area contributed by atoms with Crippen LogP contribution in [0.3, 0.4) is 0 Å². The molecule has 0 aliphatic carbocycles. The molecule has 0 radical (unpaired) electrons. The lowest BCUT2D eigenvalue weighted by Crippen LogP contribution is -2.07. The lowest BCUT2D eigenvalue weighted by atomic mass is 10.0. The smallest absolute Gasteiger partial charge is 0.123 e. The highest BCUT2D eigenvalue weighted by Crippen LogP contribution is 2.28. The van der Waals surface area contributed by atoms with Gasteiger partial charge in [0.2, 0.25) is 0 Å². The molecular weight excluding hydrogens is 270 g/mol. The van der Waals surface area contributed by atoms with Crippen molar-refractivity contribution in [3.63, 3.8) is 0 Å². The van der Waals surface area contributed by atoms with Gasteiger partial charge < -0.3 is 5.11 Å². The average Bonchev–Trinajstić information content (AvgIpc) is 2.67. The van der Waals surface area contributed by atoms with Crippen molar-refractivity contribution in [1.29, 1.82) is 0 Å². The summed E-state index contributed by atoms with van der Waals surface area (Å²) in [6, 6.07) is 5.86. The predicted molar refractivity (Wildman–Crippen MR) is 63.9 cm³/mol. The fourth-order valence-electron chi connectivity index (χ4n) is 1.58. The van der Waals surface area contributed by atoms with Gasteiger partial charge in [0.25, 0.3) is 0 Å². The lowest BCUT2D eigenvalue weighted by molar-refractivity contribution is 0.209. The van der Waals surface area contributed by atoms with E-state index >= 15 is 0 Å². The van der Waals surface area contributed by atoms with Crippen molar-refractivity contribution in [2.45, 2.75) is 13.0 Å². The van der Waals surface area contributed by atoms with Gasteiger partial charge in [0, 0.05) is 17.1 Å². The van der Waals surface area contributed by atoms with Gasteiger partial charge in [0.05, 0.1) is 11.9 Å². The second-order valence-electron chi connectivity index (χ2n) is 3.71. The fourth-order valence-corrected chi connectivity index (χ4v) is 2.04. The molecule has 0 aliphatic rings. The molecule has 84 valence electrons. The van der Waals surface area contributed by atoms with Crippen LogP contribution in [0.4, 0.5) is 0 Å². The Kier molecular flexibility index (Phi) is 3.07. The Morgan fingerprint density at radius 1 is 1.44 bits per heavy atom. The molecule has 0 amide bonds. The number of nitrogens with zero attached hydrogens (tertiary/aromatic N) is 3. The number of aliphatic hydroxyl groups is 1. The summed E-state index contributed by atoms with van der Waals surface area (Å²) in [6.07, 6.45) is 0.855. The molecule has 4 nitrogen and oxygen atoms in total. The molecule has 0 saturated heterocycles. The van der Waals surface area contributed by atoms with Crippen molar-refractivity contribution in [3.8, 4) is 0 Å². The first kappa shape index (κ1) is 11.3. The van der Waals surface area contributed by atoms with Crippen LogP contribution < -0.4 is 0 Å². The van der Waals surface area contributed by atoms with Crippen LogP contribution in [0.5, 0.6) is 0 Å². The van der Waals surface area contributed by atoms with Gasteiger partial charge in [-0.15, -0.1) is 5.10 Å². The van der Waals surface area contributed by atoms with E-state index in [4.69, 9.17) is 0 Å². The van der Waals surface area contributed by atoms with Gasteiger partial charge >= 0.3 is 0 Å². The van der Waals surface area contributed by atoms with Gasteiger partial charge in [0.15, 0.2) is 0 Å². The molecule has 1 aromatic carbocycles. The molecule has 1 unspecified atom stereocenters. The first-order valence-electron chi connectivity index (χ1n) is 4.88. The molecule has 0 fully saturated rings. The Morgan fingerprint density at radius 2 is 2.19 bits per heavy atom. The number of halogens is 1. The molecule has 16 heavy (non-hydrogen) atoms. The van der Waals surface area contributed by atoms with Crippen LogP contribution >= 0.6 is 15.9 Å². The predicted octanol–water partition coefficient (Wildman–Crippen LogP) is 1.97. The van der Waals surface area contributed by atoms with Gasteiger partial charge in [-0.2, -0.15) is 0 Å². The van der Waals surface area contributed by atoms with Gasteiger partial charge in [-0.05, 0) is 13.0 Å². The van der Waals surface area contributed by atoms with E-state index < -0.39 is 6.10 Å². The van der Waals surface area contributed by atoms with Crippen LogP contribution in [0.2, 0.25) is 0 Å². The van der Waals surface area contributed by atoms with Crippen LogP contribution in [-0.4, -0.2) is 20.1 Å². The van der Waals surface area contributed by atoms with E-state index in [0.717, 1.165) is 15.6 Å². The highest BCUT2D eigenvalue weighted by atomic mass is 79.9. The summed E-state index contributed by atoms with van der Waals surface area (Å²) in [5.41, 5.74) is 2.60. The van der Waals surface area contributed by atoms with Crippen LogP contribution in [-0.2, 0) is 7.05 Å². The molecule has 5 heteroatoms. The molecule has 1 aromatic heterocycles.